The molecule has 1 aliphatic carbocycles. The van der Waals surface area contributed by atoms with Crippen LogP contribution in [0.1, 0.15) is 37.3 Å². The summed E-state index contributed by atoms with van der Waals surface area (Å²) >= 11 is 1.58. The van der Waals surface area contributed by atoms with Crippen molar-refractivity contribution in [1.29, 1.82) is 0 Å². The number of aromatic nitrogens is 3. The molecule has 0 aliphatic heterocycles. The summed E-state index contributed by atoms with van der Waals surface area (Å²) < 4.78 is 4.93. The molecular weight excluding hydrogens is 358 g/mol. The van der Waals surface area contributed by atoms with Crippen molar-refractivity contribution in [1.82, 2.24) is 19.3 Å². The van der Waals surface area contributed by atoms with Crippen molar-refractivity contribution in [3.63, 3.8) is 0 Å². The third-order valence-electron chi connectivity index (χ3n) is 5.02. The summed E-state index contributed by atoms with van der Waals surface area (Å²) in [7, 11) is 1.90. The molecule has 0 bridgehead atoms. The van der Waals surface area contributed by atoms with Crippen LogP contribution in [0.15, 0.2) is 46.2 Å². The number of anilines is 2. The summed E-state index contributed by atoms with van der Waals surface area (Å²) in [6.07, 6.45) is 6.20. The fraction of sp³-hybridized carbons (Fsp3) is 0.350. The number of hydrogen-bond donors (Lipinski definition) is 2. The van der Waals surface area contributed by atoms with Crippen LogP contribution in [0.4, 0.5) is 11.6 Å². The van der Waals surface area contributed by atoms with Crippen molar-refractivity contribution in [2.24, 2.45) is 0 Å². The van der Waals surface area contributed by atoms with Gasteiger partial charge in [-0.25, -0.2) is 4.98 Å². The van der Waals surface area contributed by atoms with Crippen molar-refractivity contribution in [3.8, 4) is 0 Å². The van der Waals surface area contributed by atoms with E-state index >= 15 is 0 Å². The van der Waals surface area contributed by atoms with E-state index in [-0.39, 0.29) is 11.6 Å². The summed E-state index contributed by atoms with van der Waals surface area (Å²) in [6.45, 7) is 2.05. The molecule has 2 heterocycles. The number of pyridine rings is 1. The predicted molar refractivity (Wildman–Crippen MR) is 111 cm³/mol. The number of benzene rings is 1. The molecule has 7 heteroatoms. The zero-order valence-corrected chi connectivity index (χ0v) is 16.3. The molecule has 0 saturated heterocycles. The van der Waals surface area contributed by atoms with Gasteiger partial charge in [0.2, 0.25) is 5.95 Å². The molecule has 0 atom stereocenters. The second-order valence-electron chi connectivity index (χ2n) is 6.86. The van der Waals surface area contributed by atoms with Gasteiger partial charge in [-0.1, -0.05) is 12.8 Å². The van der Waals surface area contributed by atoms with Crippen molar-refractivity contribution >= 4 is 34.6 Å². The summed E-state index contributed by atoms with van der Waals surface area (Å²) in [5.41, 5.74) is 2.80. The Balaban J connectivity index is 1.71. The summed E-state index contributed by atoms with van der Waals surface area (Å²) in [5.74, 6) is 0.511. The molecule has 1 aromatic carbocycles. The van der Waals surface area contributed by atoms with Gasteiger partial charge < -0.3 is 5.32 Å². The zero-order valence-electron chi connectivity index (χ0n) is 15.5. The van der Waals surface area contributed by atoms with E-state index in [1.54, 1.807) is 24.2 Å². The van der Waals surface area contributed by atoms with E-state index in [1.807, 2.05) is 29.8 Å². The van der Waals surface area contributed by atoms with Gasteiger partial charge >= 0.3 is 0 Å². The molecule has 1 saturated carbocycles. The molecule has 2 aromatic heterocycles. The molecule has 0 unspecified atom stereocenters. The number of rotatable bonds is 5. The van der Waals surface area contributed by atoms with Crippen molar-refractivity contribution in [2.45, 2.75) is 43.5 Å². The largest absolute Gasteiger partial charge is 0.324 e. The molecule has 4 rings (SSSR count). The zero-order chi connectivity index (χ0) is 18.8. The standard InChI is InChI=1S/C20H23N5OS/c1-13-11-16(27-21-2)8-9-17(13)23-20-22-12-14-7-10-18(26)25(19(14)24-20)15-5-3-4-6-15/h7-12,15,21H,3-6H2,1-2H3,(H,22,23,24). The van der Waals surface area contributed by atoms with Crippen LogP contribution in [-0.2, 0) is 0 Å². The van der Waals surface area contributed by atoms with Crippen LogP contribution in [0.5, 0.6) is 0 Å². The molecule has 0 radical (unpaired) electrons. The number of fused-ring (bicyclic) bond motifs is 1. The maximum absolute atomic E-state index is 12.5. The lowest BCUT2D eigenvalue weighted by Gasteiger charge is -2.16. The summed E-state index contributed by atoms with van der Waals surface area (Å²) in [4.78, 5) is 22.8. The fourth-order valence-electron chi connectivity index (χ4n) is 3.69. The summed E-state index contributed by atoms with van der Waals surface area (Å²) in [6, 6.07) is 9.85. The van der Waals surface area contributed by atoms with Crippen molar-refractivity contribution in [3.05, 3.63) is 52.4 Å². The highest BCUT2D eigenvalue weighted by molar-refractivity contribution is 7.97. The summed E-state index contributed by atoms with van der Waals surface area (Å²) in [5, 5.41) is 4.20. The van der Waals surface area contributed by atoms with E-state index in [2.05, 4.69) is 28.0 Å². The number of nitrogens with zero attached hydrogens (tertiary/aromatic N) is 3. The second kappa shape index (κ2) is 7.70. The minimum atomic E-state index is 0.0173. The van der Waals surface area contributed by atoms with Gasteiger partial charge in [0.25, 0.3) is 5.56 Å². The highest BCUT2D eigenvalue weighted by Crippen LogP contribution is 2.30. The van der Waals surface area contributed by atoms with Gasteiger partial charge in [-0.15, -0.1) is 0 Å². The first-order valence-electron chi connectivity index (χ1n) is 9.25. The maximum Gasteiger partial charge on any atom is 0.252 e. The molecule has 6 nitrogen and oxygen atoms in total. The van der Waals surface area contributed by atoms with Crippen LogP contribution in [-0.4, -0.2) is 21.6 Å². The van der Waals surface area contributed by atoms with Crippen LogP contribution in [0.3, 0.4) is 0 Å². The Hall–Kier alpha value is -2.38. The molecule has 140 valence electrons. The minimum absolute atomic E-state index is 0.0173. The molecule has 1 aliphatic rings. The van der Waals surface area contributed by atoms with Crippen molar-refractivity contribution < 1.29 is 0 Å². The van der Waals surface area contributed by atoms with E-state index in [0.29, 0.717) is 11.6 Å². The Labute approximate surface area is 162 Å². The molecule has 1 fully saturated rings. The Morgan fingerprint density at radius 1 is 1.19 bits per heavy atom. The Morgan fingerprint density at radius 2 is 2.00 bits per heavy atom. The van der Waals surface area contributed by atoms with Gasteiger partial charge in [0.15, 0.2) is 0 Å². The predicted octanol–water partition coefficient (Wildman–Crippen LogP) is 4.19. The van der Waals surface area contributed by atoms with Gasteiger partial charge in [-0.3, -0.25) is 14.1 Å². The van der Waals surface area contributed by atoms with E-state index in [4.69, 9.17) is 4.98 Å². The van der Waals surface area contributed by atoms with Crippen molar-refractivity contribution in [2.75, 3.05) is 12.4 Å². The number of aryl methyl sites for hydroxylation is 1. The first-order valence-corrected chi connectivity index (χ1v) is 10.1. The van der Waals surface area contributed by atoms with Crippen LogP contribution < -0.4 is 15.6 Å². The SMILES string of the molecule is CNSc1ccc(Nc2ncc3ccc(=O)n(C4CCCC4)c3n2)c(C)c1. The van der Waals surface area contributed by atoms with Gasteiger partial charge in [0.05, 0.1) is 0 Å². The third-order valence-corrected chi connectivity index (χ3v) is 5.71. The van der Waals surface area contributed by atoms with E-state index in [0.717, 1.165) is 34.4 Å². The van der Waals surface area contributed by atoms with Gasteiger partial charge in [-0.2, -0.15) is 4.98 Å². The normalized spacial score (nSPS) is 14.7. The number of nitrogens with one attached hydrogen (secondary N) is 2. The smallest absolute Gasteiger partial charge is 0.252 e. The average Bonchev–Trinajstić information content (AvgIpc) is 3.18. The average molecular weight is 382 g/mol. The lowest BCUT2D eigenvalue weighted by molar-refractivity contribution is 0.516. The fourth-order valence-corrected chi connectivity index (χ4v) is 4.30. The van der Waals surface area contributed by atoms with Gasteiger partial charge in [0, 0.05) is 34.3 Å². The third kappa shape index (κ3) is 3.70. The van der Waals surface area contributed by atoms with Crippen LogP contribution >= 0.6 is 11.9 Å². The van der Waals surface area contributed by atoms with Crippen LogP contribution in [0.25, 0.3) is 11.0 Å². The van der Waals surface area contributed by atoms with E-state index in [1.165, 1.54) is 12.8 Å². The van der Waals surface area contributed by atoms with E-state index < -0.39 is 0 Å². The molecular formula is C20H23N5OS. The lowest BCUT2D eigenvalue weighted by Crippen LogP contribution is -2.23. The van der Waals surface area contributed by atoms with Gasteiger partial charge in [0.1, 0.15) is 5.65 Å². The quantitative estimate of drug-likeness (QED) is 0.646. The number of hydrogen-bond acceptors (Lipinski definition) is 6. The Morgan fingerprint density at radius 3 is 2.74 bits per heavy atom. The highest BCUT2D eigenvalue weighted by atomic mass is 32.2. The first kappa shape index (κ1) is 18.0. The molecule has 3 aromatic rings. The van der Waals surface area contributed by atoms with Crippen LogP contribution in [0.2, 0.25) is 0 Å². The van der Waals surface area contributed by atoms with E-state index in [9.17, 15) is 4.79 Å². The Bertz CT molecular complexity index is 1030. The minimum Gasteiger partial charge on any atom is -0.324 e. The lowest BCUT2D eigenvalue weighted by atomic mass is 10.2. The first-order chi connectivity index (χ1) is 13.2. The maximum atomic E-state index is 12.5. The topological polar surface area (TPSA) is 71.8 Å². The highest BCUT2D eigenvalue weighted by Gasteiger charge is 2.20. The molecule has 2 N–H and O–H groups in total. The Kier molecular flexibility index (Phi) is 5.13. The molecule has 0 amide bonds. The van der Waals surface area contributed by atoms with Crippen LogP contribution in [0, 0.1) is 6.92 Å². The second-order valence-corrected chi connectivity index (χ2v) is 7.94. The van der Waals surface area contributed by atoms with Gasteiger partial charge in [-0.05, 0) is 68.6 Å². The monoisotopic (exact) mass is 381 g/mol. The molecule has 27 heavy (non-hydrogen) atoms. The molecule has 0 spiro atoms.